The molecule has 6 heteroatoms. The lowest BCUT2D eigenvalue weighted by molar-refractivity contribution is 0.0934. The molecule has 3 N–H and O–H groups in total. The number of hydrogen-bond acceptors (Lipinski definition) is 4. The maximum absolute atomic E-state index is 13.0. The summed E-state index contributed by atoms with van der Waals surface area (Å²) in [6, 6.07) is 3.87. The fourth-order valence-corrected chi connectivity index (χ4v) is 6.55. The molecule has 1 aliphatic carbocycles. The van der Waals surface area contributed by atoms with Crippen LogP contribution >= 0.6 is 33.9 Å². The number of phenols is 1. The van der Waals surface area contributed by atoms with Crippen LogP contribution in [0.1, 0.15) is 71.7 Å². The number of nitrogens with one attached hydrogen (secondary N) is 2. The normalized spacial score (nSPS) is 21.5. The molecule has 0 fully saturated rings. The predicted molar refractivity (Wildman–Crippen MR) is 123 cm³/mol. The number of anilines is 1. The van der Waals surface area contributed by atoms with Gasteiger partial charge >= 0.3 is 0 Å². The third-order valence-corrected chi connectivity index (χ3v) is 8.47. The van der Waals surface area contributed by atoms with Crippen LogP contribution in [0.2, 0.25) is 0 Å². The largest absolute Gasteiger partial charge is 0.507 e. The van der Waals surface area contributed by atoms with Gasteiger partial charge in [0, 0.05) is 14.0 Å². The van der Waals surface area contributed by atoms with Gasteiger partial charge in [-0.25, -0.2) is 0 Å². The highest BCUT2D eigenvalue weighted by Gasteiger charge is 2.37. The van der Waals surface area contributed by atoms with E-state index in [-0.39, 0.29) is 11.7 Å². The van der Waals surface area contributed by atoms with Crippen molar-refractivity contribution in [2.45, 2.75) is 59.5 Å². The number of fused-ring (bicyclic) bond motifs is 3. The molecule has 1 amide bonds. The minimum atomic E-state index is -0.406. The predicted octanol–water partition coefficient (Wildman–Crippen LogP) is 5.76. The molecule has 4 nitrogen and oxygen atoms in total. The van der Waals surface area contributed by atoms with Gasteiger partial charge in [-0.15, -0.1) is 11.3 Å². The second-order valence-corrected chi connectivity index (χ2v) is 11.1. The van der Waals surface area contributed by atoms with Gasteiger partial charge in [0.1, 0.15) is 16.9 Å². The van der Waals surface area contributed by atoms with Crippen molar-refractivity contribution in [2.75, 3.05) is 5.32 Å². The van der Waals surface area contributed by atoms with Crippen LogP contribution in [0.5, 0.6) is 5.75 Å². The molecule has 4 rings (SSSR count). The van der Waals surface area contributed by atoms with Crippen molar-refractivity contribution in [3.8, 4) is 5.75 Å². The number of thiophene rings is 1. The maximum Gasteiger partial charge on any atom is 0.256 e. The minimum Gasteiger partial charge on any atom is -0.507 e. The Morgan fingerprint density at radius 1 is 1.32 bits per heavy atom. The molecular formula is C22H27IN2O2S. The average molecular weight is 510 g/mol. The van der Waals surface area contributed by atoms with Crippen LogP contribution in [0.4, 0.5) is 5.00 Å². The van der Waals surface area contributed by atoms with Gasteiger partial charge in [-0.05, 0) is 83.4 Å². The number of hydrogen-bond donors (Lipinski definition) is 3. The first-order valence-corrected chi connectivity index (χ1v) is 11.8. The molecule has 0 saturated carbocycles. The third-order valence-electron chi connectivity index (χ3n) is 6.67. The van der Waals surface area contributed by atoms with Crippen LogP contribution in [-0.4, -0.2) is 11.0 Å². The van der Waals surface area contributed by atoms with Gasteiger partial charge < -0.3 is 15.7 Å². The zero-order valence-electron chi connectivity index (χ0n) is 16.8. The molecule has 2 aromatic rings. The van der Waals surface area contributed by atoms with Gasteiger partial charge in [-0.2, -0.15) is 0 Å². The molecule has 2 aliphatic rings. The number of rotatable bonds is 3. The van der Waals surface area contributed by atoms with Gasteiger partial charge in [0.05, 0.1) is 5.56 Å². The Balaban J connectivity index is 1.67. The minimum absolute atomic E-state index is 0.0274. The number of amides is 1. The SMILES string of the molecule is CCC(C)(C)[C@H]1CCc2c(sc3c2C(=O)N[C@@H](c2cc(I)cc(C)c2O)N3)C1. The lowest BCUT2D eigenvalue weighted by Gasteiger charge is -2.36. The number of phenolic OH excluding ortho intramolecular Hbond substituents is 1. The monoisotopic (exact) mass is 510 g/mol. The first-order chi connectivity index (χ1) is 13.2. The van der Waals surface area contributed by atoms with Gasteiger partial charge in [0.25, 0.3) is 5.91 Å². The Morgan fingerprint density at radius 3 is 2.79 bits per heavy atom. The van der Waals surface area contributed by atoms with E-state index >= 15 is 0 Å². The second kappa shape index (κ2) is 7.20. The van der Waals surface area contributed by atoms with Crippen molar-refractivity contribution in [2.24, 2.45) is 11.3 Å². The Morgan fingerprint density at radius 2 is 2.07 bits per heavy atom. The molecule has 0 bridgehead atoms. The van der Waals surface area contributed by atoms with Gasteiger partial charge in [-0.1, -0.05) is 27.2 Å². The Bertz CT molecular complexity index is 950. The summed E-state index contributed by atoms with van der Waals surface area (Å²) in [5.41, 5.74) is 3.92. The van der Waals surface area contributed by atoms with Crippen LogP contribution in [0, 0.1) is 21.8 Å². The number of benzene rings is 1. The highest BCUT2D eigenvalue weighted by atomic mass is 127. The fourth-order valence-electron chi connectivity index (χ4n) is 4.39. The fraction of sp³-hybridized carbons (Fsp3) is 0.500. The molecule has 1 aromatic heterocycles. The van der Waals surface area contributed by atoms with E-state index in [9.17, 15) is 9.90 Å². The number of aromatic hydroxyl groups is 1. The summed E-state index contributed by atoms with van der Waals surface area (Å²) in [5, 5.41) is 18.0. The van der Waals surface area contributed by atoms with Crippen molar-refractivity contribution in [1.82, 2.24) is 5.32 Å². The van der Waals surface area contributed by atoms with Crippen LogP contribution in [0.3, 0.4) is 0 Å². The van der Waals surface area contributed by atoms with E-state index in [1.165, 1.54) is 16.9 Å². The molecule has 2 atom stereocenters. The number of carbonyl (C=O) groups is 1. The molecule has 150 valence electrons. The molecule has 28 heavy (non-hydrogen) atoms. The average Bonchev–Trinajstić information content (AvgIpc) is 3.02. The van der Waals surface area contributed by atoms with E-state index in [1.807, 2.05) is 19.1 Å². The number of halogens is 1. The summed E-state index contributed by atoms with van der Waals surface area (Å²) >= 11 is 3.97. The van der Waals surface area contributed by atoms with Crippen LogP contribution < -0.4 is 10.6 Å². The molecule has 1 aromatic carbocycles. The van der Waals surface area contributed by atoms with E-state index in [4.69, 9.17) is 0 Å². The first kappa shape index (κ1) is 20.0. The second-order valence-electron chi connectivity index (χ2n) is 8.70. The summed E-state index contributed by atoms with van der Waals surface area (Å²) < 4.78 is 1.04. The Labute approximate surface area is 184 Å². The van der Waals surface area contributed by atoms with E-state index < -0.39 is 6.17 Å². The summed E-state index contributed by atoms with van der Waals surface area (Å²) in [7, 11) is 0. The van der Waals surface area contributed by atoms with Crippen molar-refractivity contribution in [3.63, 3.8) is 0 Å². The molecule has 0 spiro atoms. The van der Waals surface area contributed by atoms with E-state index in [2.05, 4.69) is 54.0 Å². The first-order valence-electron chi connectivity index (χ1n) is 9.92. The van der Waals surface area contributed by atoms with Crippen LogP contribution in [-0.2, 0) is 12.8 Å². The van der Waals surface area contributed by atoms with E-state index in [1.54, 1.807) is 11.3 Å². The molecule has 0 saturated heterocycles. The van der Waals surface area contributed by atoms with Gasteiger partial charge in [0.2, 0.25) is 0 Å². The van der Waals surface area contributed by atoms with Crippen LogP contribution in [0.15, 0.2) is 12.1 Å². The zero-order valence-corrected chi connectivity index (χ0v) is 19.8. The highest BCUT2D eigenvalue weighted by Crippen LogP contribution is 2.47. The summed E-state index contributed by atoms with van der Waals surface area (Å²) in [4.78, 5) is 14.3. The third kappa shape index (κ3) is 3.32. The number of carbonyl (C=O) groups excluding carboxylic acids is 1. The van der Waals surface area contributed by atoms with Crippen molar-refractivity contribution in [1.29, 1.82) is 0 Å². The van der Waals surface area contributed by atoms with Crippen LogP contribution in [0.25, 0.3) is 0 Å². The number of aryl methyl sites for hydroxylation is 1. The molecule has 1 aliphatic heterocycles. The smallest absolute Gasteiger partial charge is 0.256 e. The van der Waals surface area contributed by atoms with Crippen molar-refractivity contribution in [3.05, 3.63) is 42.8 Å². The molecule has 0 unspecified atom stereocenters. The summed E-state index contributed by atoms with van der Waals surface area (Å²) in [5.74, 6) is 0.875. The van der Waals surface area contributed by atoms with Crippen molar-refractivity contribution < 1.29 is 9.90 Å². The standard InChI is InChI=1S/C22H27IN2O2S/c1-5-22(3,4)12-6-7-14-16(9-12)28-21-17(14)20(27)24-19(25-21)15-10-13(23)8-11(2)18(15)26/h8,10,12,19,25-26H,5-7,9H2,1-4H3,(H,24,27)/t12-,19+/m0/s1. The Hall–Kier alpha value is -1.28. The maximum atomic E-state index is 13.0. The molecular weight excluding hydrogens is 483 g/mol. The highest BCUT2D eigenvalue weighted by molar-refractivity contribution is 14.1. The van der Waals surface area contributed by atoms with Gasteiger partial charge in [0.15, 0.2) is 0 Å². The zero-order chi connectivity index (χ0) is 20.2. The molecule has 2 heterocycles. The van der Waals surface area contributed by atoms with Crippen molar-refractivity contribution >= 4 is 44.8 Å². The topological polar surface area (TPSA) is 61.4 Å². The lowest BCUT2D eigenvalue weighted by Crippen LogP contribution is -2.38. The quantitative estimate of drug-likeness (QED) is 0.460. The van der Waals surface area contributed by atoms with E-state index in [0.717, 1.165) is 44.5 Å². The summed E-state index contributed by atoms with van der Waals surface area (Å²) in [6.07, 6.45) is 3.94. The Kier molecular flexibility index (Phi) is 5.15. The summed E-state index contributed by atoms with van der Waals surface area (Å²) in [6.45, 7) is 8.87. The van der Waals surface area contributed by atoms with E-state index in [0.29, 0.717) is 11.3 Å². The molecule has 0 radical (unpaired) electrons. The van der Waals surface area contributed by atoms with Gasteiger partial charge in [-0.3, -0.25) is 4.79 Å². The lowest BCUT2D eigenvalue weighted by atomic mass is 9.69.